The molecule has 7 nitrogen and oxygen atoms in total. The molecule has 0 bridgehead atoms. The molecule has 29 heavy (non-hydrogen) atoms. The molecule has 7 heteroatoms. The van der Waals surface area contributed by atoms with Gasteiger partial charge in [0.05, 0.1) is 11.3 Å². The number of carbonyl (C=O) groups is 3. The van der Waals surface area contributed by atoms with Crippen LogP contribution in [0.1, 0.15) is 73.7 Å². The first kappa shape index (κ1) is 22.7. The number of rotatable bonds is 9. The van der Waals surface area contributed by atoms with E-state index in [0.29, 0.717) is 30.3 Å². The predicted molar refractivity (Wildman–Crippen MR) is 115 cm³/mol. The lowest BCUT2D eigenvalue weighted by atomic mass is 9.96. The van der Waals surface area contributed by atoms with Crippen LogP contribution in [-0.4, -0.2) is 37.5 Å². The number of anilines is 1. The van der Waals surface area contributed by atoms with Crippen molar-refractivity contribution in [2.24, 2.45) is 0 Å². The van der Waals surface area contributed by atoms with Crippen molar-refractivity contribution in [3.8, 4) is 0 Å². The van der Waals surface area contributed by atoms with Crippen molar-refractivity contribution in [3.63, 3.8) is 0 Å². The van der Waals surface area contributed by atoms with Gasteiger partial charge in [-0.05, 0) is 44.2 Å². The van der Waals surface area contributed by atoms with Crippen molar-refractivity contribution >= 4 is 23.5 Å². The first-order valence-corrected chi connectivity index (χ1v) is 10.7. The van der Waals surface area contributed by atoms with Crippen LogP contribution in [-0.2, 0) is 4.79 Å². The molecule has 160 valence electrons. The van der Waals surface area contributed by atoms with E-state index < -0.39 is 0 Å². The summed E-state index contributed by atoms with van der Waals surface area (Å²) in [5, 5.41) is 11.4. The first-order valence-electron chi connectivity index (χ1n) is 10.7. The number of aryl methyl sites for hydroxylation is 1. The van der Waals surface area contributed by atoms with Crippen molar-refractivity contribution < 1.29 is 14.4 Å². The molecule has 0 unspecified atom stereocenters. The Kier molecular flexibility index (Phi) is 9.47. The topological polar surface area (TPSA) is 99.3 Å². The Hall–Kier alpha value is -2.57. The number of urea groups is 1. The van der Waals surface area contributed by atoms with E-state index in [0.717, 1.165) is 37.7 Å². The third-order valence-corrected chi connectivity index (χ3v) is 5.31. The van der Waals surface area contributed by atoms with Crippen LogP contribution in [0.25, 0.3) is 0 Å². The van der Waals surface area contributed by atoms with Crippen molar-refractivity contribution in [3.05, 3.63) is 29.3 Å². The summed E-state index contributed by atoms with van der Waals surface area (Å²) < 4.78 is 0. The van der Waals surface area contributed by atoms with Gasteiger partial charge >= 0.3 is 6.03 Å². The smallest absolute Gasteiger partial charge is 0.315 e. The summed E-state index contributed by atoms with van der Waals surface area (Å²) in [6, 6.07) is 5.63. The Balaban J connectivity index is 1.62. The Morgan fingerprint density at radius 1 is 1.03 bits per heavy atom. The van der Waals surface area contributed by atoms with Crippen LogP contribution < -0.4 is 21.3 Å². The normalized spacial score (nSPS) is 14.1. The lowest BCUT2D eigenvalue weighted by Gasteiger charge is -2.22. The number of nitrogens with one attached hydrogen (secondary N) is 4. The molecule has 0 spiro atoms. The summed E-state index contributed by atoms with van der Waals surface area (Å²) in [5.74, 6) is -0.320. The summed E-state index contributed by atoms with van der Waals surface area (Å²) in [4.78, 5) is 36.1. The van der Waals surface area contributed by atoms with Crippen LogP contribution in [0.5, 0.6) is 0 Å². The highest BCUT2D eigenvalue weighted by Crippen LogP contribution is 2.20. The van der Waals surface area contributed by atoms with Gasteiger partial charge in [0, 0.05) is 26.1 Å². The second kappa shape index (κ2) is 12.1. The maximum atomic E-state index is 12.2. The number of unbranched alkanes of at least 4 members (excludes halogenated alkanes) is 2. The highest BCUT2D eigenvalue weighted by molar-refractivity contribution is 6.04. The zero-order chi connectivity index (χ0) is 21.1. The number of carbonyl (C=O) groups excluding carboxylic acids is 3. The molecule has 1 aliphatic carbocycles. The van der Waals surface area contributed by atoms with E-state index >= 15 is 0 Å². The maximum absolute atomic E-state index is 12.2. The standard InChI is InChI=1S/C22H34N4O3/c1-16-10-9-13-18(20(16)21(28)23-2)26-19(27)14-7-4-8-15-24-22(29)25-17-11-5-3-6-12-17/h9-10,13,17H,3-8,11-12,14-15H2,1-2H3,(H,23,28)(H,26,27)(H2,24,25,29). The van der Waals surface area contributed by atoms with Crippen molar-refractivity contribution in [1.29, 1.82) is 0 Å². The Morgan fingerprint density at radius 2 is 1.79 bits per heavy atom. The first-order chi connectivity index (χ1) is 14.0. The molecule has 1 saturated carbocycles. The molecule has 2 rings (SSSR count). The average molecular weight is 403 g/mol. The highest BCUT2D eigenvalue weighted by Gasteiger charge is 2.16. The summed E-state index contributed by atoms with van der Waals surface area (Å²) >= 11 is 0. The van der Waals surface area contributed by atoms with E-state index in [9.17, 15) is 14.4 Å². The molecule has 0 aliphatic heterocycles. The summed E-state index contributed by atoms with van der Waals surface area (Å²) in [6.07, 6.45) is 8.61. The van der Waals surface area contributed by atoms with Crippen molar-refractivity contribution in [2.75, 3.05) is 18.9 Å². The van der Waals surface area contributed by atoms with Crippen LogP contribution in [0.2, 0.25) is 0 Å². The minimum absolute atomic E-state index is 0.0872. The summed E-state index contributed by atoms with van der Waals surface area (Å²) in [5.41, 5.74) is 1.85. The van der Waals surface area contributed by atoms with Gasteiger partial charge in [-0.25, -0.2) is 4.79 Å². The third-order valence-electron chi connectivity index (χ3n) is 5.31. The van der Waals surface area contributed by atoms with E-state index in [4.69, 9.17) is 0 Å². The zero-order valence-corrected chi connectivity index (χ0v) is 17.6. The zero-order valence-electron chi connectivity index (χ0n) is 17.6. The predicted octanol–water partition coefficient (Wildman–Crippen LogP) is 3.49. The largest absolute Gasteiger partial charge is 0.355 e. The summed E-state index contributed by atoms with van der Waals surface area (Å²) in [6.45, 7) is 2.45. The van der Waals surface area contributed by atoms with Gasteiger partial charge in [0.25, 0.3) is 5.91 Å². The SMILES string of the molecule is CNC(=O)c1c(C)cccc1NC(=O)CCCCCNC(=O)NC1CCCCC1. The van der Waals surface area contributed by atoms with Gasteiger partial charge in [-0.2, -0.15) is 0 Å². The molecule has 0 aromatic heterocycles. The molecule has 1 aromatic rings. The van der Waals surface area contributed by atoms with E-state index in [1.807, 2.05) is 19.1 Å². The van der Waals surface area contributed by atoms with E-state index in [1.165, 1.54) is 19.3 Å². The van der Waals surface area contributed by atoms with Crippen LogP contribution in [0.4, 0.5) is 10.5 Å². The van der Waals surface area contributed by atoms with Gasteiger partial charge in [0.2, 0.25) is 5.91 Å². The third kappa shape index (κ3) is 7.75. The molecule has 0 radical (unpaired) electrons. The molecule has 1 aliphatic rings. The molecule has 1 aromatic carbocycles. The Bertz CT molecular complexity index is 699. The molecule has 0 atom stereocenters. The average Bonchev–Trinajstić information content (AvgIpc) is 2.71. The molecule has 0 heterocycles. The Labute approximate surface area is 173 Å². The summed E-state index contributed by atoms with van der Waals surface area (Å²) in [7, 11) is 1.57. The molecular weight excluding hydrogens is 368 g/mol. The second-order valence-electron chi connectivity index (χ2n) is 7.67. The van der Waals surface area contributed by atoms with Gasteiger partial charge < -0.3 is 21.3 Å². The van der Waals surface area contributed by atoms with E-state index in [2.05, 4.69) is 21.3 Å². The van der Waals surface area contributed by atoms with Crippen LogP contribution in [0.3, 0.4) is 0 Å². The van der Waals surface area contributed by atoms with Crippen LogP contribution in [0.15, 0.2) is 18.2 Å². The Morgan fingerprint density at radius 3 is 2.52 bits per heavy atom. The number of hydrogen-bond acceptors (Lipinski definition) is 3. The van der Waals surface area contributed by atoms with E-state index in [1.54, 1.807) is 13.1 Å². The van der Waals surface area contributed by atoms with E-state index in [-0.39, 0.29) is 17.8 Å². The fourth-order valence-electron chi connectivity index (χ4n) is 3.68. The number of amides is 4. The van der Waals surface area contributed by atoms with Gasteiger partial charge in [-0.15, -0.1) is 0 Å². The fraction of sp³-hybridized carbons (Fsp3) is 0.591. The molecule has 4 amide bonds. The maximum Gasteiger partial charge on any atom is 0.315 e. The van der Waals surface area contributed by atoms with Crippen LogP contribution >= 0.6 is 0 Å². The minimum Gasteiger partial charge on any atom is -0.355 e. The molecule has 1 fully saturated rings. The molecule has 4 N–H and O–H groups in total. The van der Waals surface area contributed by atoms with Gasteiger partial charge in [-0.3, -0.25) is 9.59 Å². The lowest BCUT2D eigenvalue weighted by molar-refractivity contribution is -0.116. The van der Waals surface area contributed by atoms with Crippen molar-refractivity contribution in [2.45, 2.75) is 70.8 Å². The van der Waals surface area contributed by atoms with Gasteiger partial charge in [-0.1, -0.05) is 37.8 Å². The number of hydrogen-bond donors (Lipinski definition) is 4. The lowest BCUT2D eigenvalue weighted by Crippen LogP contribution is -2.43. The quantitative estimate of drug-likeness (QED) is 0.476. The van der Waals surface area contributed by atoms with Gasteiger partial charge in [0.1, 0.15) is 0 Å². The fourth-order valence-corrected chi connectivity index (χ4v) is 3.68. The molecular formula is C22H34N4O3. The van der Waals surface area contributed by atoms with Gasteiger partial charge in [0.15, 0.2) is 0 Å². The van der Waals surface area contributed by atoms with Crippen LogP contribution in [0, 0.1) is 6.92 Å². The van der Waals surface area contributed by atoms with Crippen molar-refractivity contribution in [1.82, 2.24) is 16.0 Å². The monoisotopic (exact) mass is 402 g/mol. The minimum atomic E-state index is -0.212. The molecule has 0 saturated heterocycles. The second-order valence-corrected chi connectivity index (χ2v) is 7.67. The number of benzene rings is 1. The highest BCUT2D eigenvalue weighted by atomic mass is 16.2.